The predicted molar refractivity (Wildman–Crippen MR) is 97.1 cm³/mol. The van der Waals surface area contributed by atoms with E-state index in [1.807, 2.05) is 49.4 Å². The maximum atomic E-state index is 12.0. The van der Waals surface area contributed by atoms with Crippen molar-refractivity contribution in [2.24, 2.45) is 5.10 Å². The Morgan fingerprint density at radius 3 is 2.77 bits per heavy atom. The van der Waals surface area contributed by atoms with Gasteiger partial charge in [-0.25, -0.2) is 5.43 Å². The van der Waals surface area contributed by atoms with Gasteiger partial charge in [0.15, 0.2) is 0 Å². The third kappa shape index (κ3) is 5.66. The maximum Gasteiger partial charge on any atom is 0.252 e. The van der Waals surface area contributed by atoms with Gasteiger partial charge in [-0.05, 0) is 30.2 Å². The van der Waals surface area contributed by atoms with E-state index in [0.29, 0.717) is 0 Å². The molecule has 0 aliphatic carbocycles. The van der Waals surface area contributed by atoms with Crippen molar-refractivity contribution in [1.29, 1.82) is 0 Å². The SMILES string of the molecule is C[C@@H](SCc1ccccc1)C(=O)N/N=C\c1cccc(Br)c1. The third-order valence-corrected chi connectivity index (χ3v) is 4.66. The van der Waals surface area contributed by atoms with Crippen LogP contribution in [0.2, 0.25) is 0 Å². The van der Waals surface area contributed by atoms with Crippen LogP contribution in [0.1, 0.15) is 18.1 Å². The van der Waals surface area contributed by atoms with Crippen molar-refractivity contribution in [3.05, 3.63) is 70.2 Å². The first kappa shape index (κ1) is 16.8. The second kappa shape index (κ2) is 8.76. The second-order valence-corrected chi connectivity index (χ2v) is 6.97. The third-order valence-electron chi connectivity index (χ3n) is 2.95. The number of carbonyl (C=O) groups excluding carboxylic acids is 1. The van der Waals surface area contributed by atoms with Gasteiger partial charge in [0.2, 0.25) is 0 Å². The summed E-state index contributed by atoms with van der Waals surface area (Å²) in [5.74, 6) is 0.720. The Morgan fingerprint density at radius 1 is 1.27 bits per heavy atom. The number of amides is 1. The molecule has 1 atom stereocenters. The molecule has 0 aliphatic heterocycles. The number of hydrogen-bond donors (Lipinski definition) is 1. The molecule has 0 spiro atoms. The summed E-state index contributed by atoms with van der Waals surface area (Å²) in [7, 11) is 0. The fourth-order valence-corrected chi connectivity index (χ4v) is 2.98. The average Bonchev–Trinajstić information content (AvgIpc) is 2.53. The van der Waals surface area contributed by atoms with Gasteiger partial charge >= 0.3 is 0 Å². The van der Waals surface area contributed by atoms with Crippen LogP contribution in [0.15, 0.2) is 64.2 Å². The number of thioether (sulfide) groups is 1. The molecule has 0 aromatic heterocycles. The van der Waals surface area contributed by atoms with E-state index < -0.39 is 0 Å². The summed E-state index contributed by atoms with van der Waals surface area (Å²) in [6.45, 7) is 1.89. The molecule has 0 unspecified atom stereocenters. The molecule has 0 saturated carbocycles. The summed E-state index contributed by atoms with van der Waals surface area (Å²) >= 11 is 4.99. The van der Waals surface area contributed by atoms with Crippen LogP contribution in [0.4, 0.5) is 0 Å². The van der Waals surface area contributed by atoms with Gasteiger partial charge in [-0.2, -0.15) is 5.10 Å². The quantitative estimate of drug-likeness (QED) is 0.605. The Bertz CT molecular complexity index is 646. The minimum atomic E-state index is -0.153. The molecule has 0 saturated heterocycles. The molecule has 0 bridgehead atoms. The molecule has 2 aromatic rings. The summed E-state index contributed by atoms with van der Waals surface area (Å²) in [5, 5.41) is 3.85. The van der Waals surface area contributed by atoms with E-state index in [-0.39, 0.29) is 11.2 Å². The monoisotopic (exact) mass is 376 g/mol. The summed E-state index contributed by atoms with van der Waals surface area (Å²) in [6, 6.07) is 17.8. The highest BCUT2D eigenvalue weighted by atomic mass is 79.9. The van der Waals surface area contributed by atoms with Crippen molar-refractivity contribution in [3.63, 3.8) is 0 Å². The first-order valence-corrected chi connectivity index (χ1v) is 8.73. The molecule has 3 nitrogen and oxygen atoms in total. The van der Waals surface area contributed by atoms with Crippen LogP contribution in [0.25, 0.3) is 0 Å². The second-order valence-electron chi connectivity index (χ2n) is 4.73. The van der Waals surface area contributed by atoms with Crippen molar-refractivity contribution in [1.82, 2.24) is 5.43 Å². The van der Waals surface area contributed by atoms with Gasteiger partial charge in [-0.3, -0.25) is 4.79 Å². The highest BCUT2D eigenvalue weighted by Crippen LogP contribution is 2.17. The van der Waals surface area contributed by atoms with Crippen LogP contribution in [0, 0.1) is 0 Å². The topological polar surface area (TPSA) is 41.5 Å². The van der Waals surface area contributed by atoms with E-state index >= 15 is 0 Å². The van der Waals surface area contributed by atoms with Gasteiger partial charge in [0, 0.05) is 10.2 Å². The highest BCUT2D eigenvalue weighted by molar-refractivity contribution is 9.10. The first-order valence-electron chi connectivity index (χ1n) is 6.89. The average molecular weight is 377 g/mol. The van der Waals surface area contributed by atoms with Crippen molar-refractivity contribution >= 4 is 39.8 Å². The predicted octanol–water partition coefficient (Wildman–Crippen LogP) is 4.22. The van der Waals surface area contributed by atoms with E-state index in [1.165, 1.54) is 5.56 Å². The molecule has 22 heavy (non-hydrogen) atoms. The Balaban J connectivity index is 1.79. The lowest BCUT2D eigenvalue weighted by atomic mass is 10.2. The zero-order chi connectivity index (χ0) is 15.8. The van der Waals surface area contributed by atoms with E-state index in [4.69, 9.17) is 0 Å². The van der Waals surface area contributed by atoms with E-state index in [0.717, 1.165) is 15.8 Å². The summed E-state index contributed by atoms with van der Waals surface area (Å²) in [5.41, 5.74) is 4.72. The van der Waals surface area contributed by atoms with Gasteiger partial charge < -0.3 is 0 Å². The van der Waals surface area contributed by atoms with Gasteiger partial charge in [0.1, 0.15) is 0 Å². The molecule has 0 aliphatic rings. The van der Waals surface area contributed by atoms with E-state index in [9.17, 15) is 4.79 Å². The molecule has 1 N–H and O–H groups in total. The number of carbonyl (C=O) groups is 1. The van der Waals surface area contributed by atoms with Crippen LogP contribution in [-0.2, 0) is 10.5 Å². The summed E-state index contributed by atoms with van der Waals surface area (Å²) in [4.78, 5) is 12.0. The maximum absolute atomic E-state index is 12.0. The number of hydrazone groups is 1. The molecule has 2 aromatic carbocycles. The molecule has 0 radical (unpaired) electrons. The largest absolute Gasteiger partial charge is 0.272 e. The lowest BCUT2D eigenvalue weighted by Gasteiger charge is -2.09. The Morgan fingerprint density at radius 2 is 2.05 bits per heavy atom. The van der Waals surface area contributed by atoms with Crippen LogP contribution in [0.3, 0.4) is 0 Å². The Hall–Kier alpha value is -1.59. The molecule has 1 amide bonds. The summed E-state index contributed by atoms with van der Waals surface area (Å²) in [6.07, 6.45) is 1.64. The fourth-order valence-electron chi connectivity index (χ4n) is 1.72. The molecule has 2 rings (SSSR count). The van der Waals surface area contributed by atoms with Crippen molar-refractivity contribution in [2.75, 3.05) is 0 Å². The van der Waals surface area contributed by atoms with Gasteiger partial charge in [-0.1, -0.05) is 58.4 Å². The zero-order valence-corrected chi connectivity index (χ0v) is 14.6. The van der Waals surface area contributed by atoms with Crippen LogP contribution in [-0.4, -0.2) is 17.4 Å². The lowest BCUT2D eigenvalue weighted by molar-refractivity contribution is -0.120. The lowest BCUT2D eigenvalue weighted by Crippen LogP contribution is -2.26. The fraction of sp³-hybridized carbons (Fsp3) is 0.176. The number of benzene rings is 2. The van der Waals surface area contributed by atoms with E-state index in [1.54, 1.807) is 18.0 Å². The molecular weight excluding hydrogens is 360 g/mol. The van der Waals surface area contributed by atoms with Crippen molar-refractivity contribution < 1.29 is 4.79 Å². The van der Waals surface area contributed by atoms with Gasteiger partial charge in [0.25, 0.3) is 5.91 Å². The standard InChI is InChI=1S/C17H17BrN2OS/c1-13(22-12-14-6-3-2-4-7-14)17(21)20-19-11-15-8-5-9-16(18)10-15/h2-11,13H,12H2,1H3,(H,20,21)/b19-11-/t13-/m1/s1. The molecule has 114 valence electrons. The smallest absolute Gasteiger partial charge is 0.252 e. The normalized spacial score (nSPS) is 12.3. The minimum absolute atomic E-state index is 0.0906. The summed E-state index contributed by atoms with van der Waals surface area (Å²) < 4.78 is 0.981. The zero-order valence-electron chi connectivity index (χ0n) is 12.2. The van der Waals surface area contributed by atoms with Gasteiger partial charge in [0.05, 0.1) is 11.5 Å². The van der Waals surface area contributed by atoms with Crippen molar-refractivity contribution in [3.8, 4) is 0 Å². The first-order chi connectivity index (χ1) is 10.6. The Labute approximate surface area is 143 Å². The van der Waals surface area contributed by atoms with Crippen LogP contribution in [0.5, 0.6) is 0 Å². The molecule has 0 heterocycles. The van der Waals surface area contributed by atoms with Crippen LogP contribution >= 0.6 is 27.7 Å². The number of rotatable bonds is 6. The van der Waals surface area contributed by atoms with Crippen LogP contribution < -0.4 is 5.43 Å². The highest BCUT2D eigenvalue weighted by Gasteiger charge is 2.12. The number of halogens is 1. The number of hydrogen-bond acceptors (Lipinski definition) is 3. The molecule has 0 fully saturated rings. The van der Waals surface area contributed by atoms with E-state index in [2.05, 4.69) is 38.6 Å². The minimum Gasteiger partial charge on any atom is -0.272 e. The Kier molecular flexibility index (Phi) is 6.68. The number of nitrogens with one attached hydrogen (secondary N) is 1. The molecule has 5 heteroatoms. The number of nitrogens with zero attached hydrogens (tertiary/aromatic N) is 1. The van der Waals surface area contributed by atoms with Gasteiger partial charge in [-0.15, -0.1) is 11.8 Å². The van der Waals surface area contributed by atoms with Crippen molar-refractivity contribution in [2.45, 2.75) is 17.9 Å². The molecular formula is C17H17BrN2OS.